The van der Waals surface area contributed by atoms with Crippen LogP contribution in [-0.4, -0.2) is 6.04 Å². The molecule has 1 N–H and O–H groups in total. The van der Waals surface area contributed by atoms with Crippen LogP contribution in [0.4, 0.5) is 23.2 Å². The average Bonchev–Trinajstić information content (AvgIpc) is 2.20. The molecule has 0 radical (unpaired) electrons. The predicted octanol–water partition coefficient (Wildman–Crippen LogP) is 3.67. The van der Waals surface area contributed by atoms with Crippen molar-refractivity contribution in [1.82, 2.24) is 0 Å². The third kappa shape index (κ3) is 3.66. The molecule has 1 unspecified atom stereocenters. The van der Waals surface area contributed by atoms with E-state index in [0.29, 0.717) is 12.5 Å². The smallest absolute Gasteiger partial charge is 0.379 e. The van der Waals surface area contributed by atoms with Crippen LogP contribution in [0, 0.1) is 18.2 Å². The molecular formula is C12H11F4N. The fourth-order valence-electron chi connectivity index (χ4n) is 1.30. The van der Waals surface area contributed by atoms with Crippen LogP contribution in [-0.2, 0) is 6.18 Å². The molecule has 0 aliphatic carbocycles. The number of terminal acetylenes is 1. The molecule has 0 aromatic heterocycles. The van der Waals surface area contributed by atoms with Crippen molar-refractivity contribution in [2.24, 2.45) is 0 Å². The van der Waals surface area contributed by atoms with Crippen molar-refractivity contribution in [3.05, 3.63) is 29.6 Å². The summed E-state index contributed by atoms with van der Waals surface area (Å²) in [5, 5.41) is 2.70. The molecule has 0 saturated heterocycles. The van der Waals surface area contributed by atoms with Crippen molar-refractivity contribution in [2.75, 3.05) is 5.32 Å². The van der Waals surface area contributed by atoms with Gasteiger partial charge in [-0.05, 0) is 25.1 Å². The van der Waals surface area contributed by atoms with Gasteiger partial charge in [0.15, 0.2) is 0 Å². The molecule has 0 bridgehead atoms. The van der Waals surface area contributed by atoms with Gasteiger partial charge >= 0.3 is 6.18 Å². The van der Waals surface area contributed by atoms with Crippen molar-refractivity contribution < 1.29 is 17.6 Å². The lowest BCUT2D eigenvalue weighted by Gasteiger charge is -2.14. The summed E-state index contributed by atoms with van der Waals surface area (Å²) in [7, 11) is 0. The van der Waals surface area contributed by atoms with Crippen LogP contribution in [0.25, 0.3) is 0 Å². The Kier molecular flexibility index (Phi) is 4.00. The number of alkyl halides is 3. The standard InChI is InChI=1S/C12H11F4N/c1-3-4-8(2)17-11-6-5-9(7-10(11)13)12(14,15)16/h1,5-8,17H,4H2,2H3. The lowest BCUT2D eigenvalue weighted by molar-refractivity contribution is -0.137. The first kappa shape index (κ1) is 13.4. The van der Waals surface area contributed by atoms with Crippen molar-refractivity contribution in [1.29, 1.82) is 0 Å². The van der Waals surface area contributed by atoms with Crippen molar-refractivity contribution >= 4 is 5.69 Å². The highest BCUT2D eigenvalue weighted by Crippen LogP contribution is 2.31. The van der Waals surface area contributed by atoms with E-state index in [0.717, 1.165) is 12.1 Å². The van der Waals surface area contributed by atoms with E-state index in [-0.39, 0.29) is 11.7 Å². The van der Waals surface area contributed by atoms with Crippen molar-refractivity contribution in [2.45, 2.75) is 25.6 Å². The van der Waals surface area contributed by atoms with E-state index in [4.69, 9.17) is 6.42 Å². The zero-order chi connectivity index (χ0) is 13.1. The third-order valence-corrected chi connectivity index (χ3v) is 2.12. The number of benzene rings is 1. The Morgan fingerprint density at radius 1 is 1.41 bits per heavy atom. The minimum Gasteiger partial charge on any atom is -0.379 e. The second-order valence-electron chi connectivity index (χ2n) is 3.65. The maximum atomic E-state index is 13.4. The van der Waals surface area contributed by atoms with E-state index in [9.17, 15) is 17.6 Å². The second-order valence-corrected chi connectivity index (χ2v) is 3.65. The Morgan fingerprint density at radius 2 is 2.06 bits per heavy atom. The summed E-state index contributed by atoms with van der Waals surface area (Å²) < 4.78 is 50.2. The minimum atomic E-state index is -4.54. The first-order chi connectivity index (χ1) is 7.84. The van der Waals surface area contributed by atoms with Crippen molar-refractivity contribution in [3.8, 4) is 12.3 Å². The third-order valence-electron chi connectivity index (χ3n) is 2.12. The van der Waals surface area contributed by atoms with Crippen LogP contribution in [0.1, 0.15) is 18.9 Å². The number of rotatable bonds is 3. The molecule has 0 aliphatic heterocycles. The van der Waals surface area contributed by atoms with E-state index in [1.54, 1.807) is 6.92 Å². The highest BCUT2D eigenvalue weighted by molar-refractivity contribution is 5.47. The summed E-state index contributed by atoms with van der Waals surface area (Å²) in [4.78, 5) is 0. The maximum absolute atomic E-state index is 13.4. The van der Waals surface area contributed by atoms with Gasteiger partial charge in [0.2, 0.25) is 0 Å². The first-order valence-electron chi connectivity index (χ1n) is 4.91. The van der Waals surface area contributed by atoms with E-state index in [1.807, 2.05) is 0 Å². The lowest BCUT2D eigenvalue weighted by atomic mass is 10.1. The average molecular weight is 245 g/mol. The Hall–Kier alpha value is -1.70. The normalized spacial score (nSPS) is 12.9. The van der Waals surface area contributed by atoms with Gasteiger partial charge < -0.3 is 5.32 Å². The summed E-state index contributed by atoms with van der Waals surface area (Å²) >= 11 is 0. The first-order valence-corrected chi connectivity index (χ1v) is 4.91. The summed E-state index contributed by atoms with van der Waals surface area (Å²) in [6.07, 6.45) is 0.894. The summed E-state index contributed by atoms with van der Waals surface area (Å²) in [6.45, 7) is 1.72. The Bertz CT molecular complexity index is 431. The van der Waals surface area contributed by atoms with Gasteiger partial charge in [-0.1, -0.05) is 0 Å². The molecule has 0 spiro atoms. The SMILES string of the molecule is C#CCC(C)Nc1ccc(C(F)(F)F)cc1F. The van der Waals surface area contributed by atoms with E-state index in [1.165, 1.54) is 0 Å². The Labute approximate surface area is 96.8 Å². The molecule has 1 atom stereocenters. The van der Waals surface area contributed by atoms with Gasteiger partial charge in [-0.2, -0.15) is 13.2 Å². The largest absolute Gasteiger partial charge is 0.416 e. The van der Waals surface area contributed by atoms with Gasteiger partial charge in [-0.3, -0.25) is 0 Å². The monoisotopic (exact) mass is 245 g/mol. The molecule has 17 heavy (non-hydrogen) atoms. The quantitative estimate of drug-likeness (QED) is 0.633. The van der Waals surface area contributed by atoms with Crippen LogP contribution < -0.4 is 5.32 Å². The minimum absolute atomic E-state index is 0.0146. The lowest BCUT2D eigenvalue weighted by Crippen LogP contribution is -2.15. The highest BCUT2D eigenvalue weighted by atomic mass is 19.4. The zero-order valence-electron chi connectivity index (χ0n) is 9.11. The van der Waals surface area contributed by atoms with Gasteiger partial charge in [-0.15, -0.1) is 12.3 Å². The van der Waals surface area contributed by atoms with Gasteiger partial charge in [0.05, 0.1) is 11.3 Å². The topological polar surface area (TPSA) is 12.0 Å². The summed E-state index contributed by atoms with van der Waals surface area (Å²) in [5.41, 5.74) is -0.995. The van der Waals surface area contributed by atoms with Crippen molar-refractivity contribution in [3.63, 3.8) is 0 Å². The number of anilines is 1. The maximum Gasteiger partial charge on any atom is 0.416 e. The van der Waals surface area contributed by atoms with Gasteiger partial charge in [0, 0.05) is 12.5 Å². The molecule has 92 valence electrons. The second kappa shape index (κ2) is 5.09. The van der Waals surface area contributed by atoms with E-state index in [2.05, 4.69) is 11.2 Å². The van der Waals surface area contributed by atoms with Gasteiger partial charge in [0.25, 0.3) is 0 Å². The highest BCUT2D eigenvalue weighted by Gasteiger charge is 2.31. The van der Waals surface area contributed by atoms with Crippen LogP contribution in [0.5, 0.6) is 0 Å². The van der Waals surface area contributed by atoms with Gasteiger partial charge in [-0.25, -0.2) is 4.39 Å². The molecule has 0 fully saturated rings. The molecule has 5 heteroatoms. The molecule has 0 amide bonds. The molecular weight excluding hydrogens is 234 g/mol. The van der Waals surface area contributed by atoms with E-state index < -0.39 is 17.6 Å². The van der Waals surface area contributed by atoms with Crippen LogP contribution in [0.2, 0.25) is 0 Å². The summed E-state index contributed by atoms with van der Waals surface area (Å²) in [5.74, 6) is 1.44. The zero-order valence-corrected chi connectivity index (χ0v) is 9.11. The summed E-state index contributed by atoms with van der Waals surface area (Å²) in [6, 6.07) is 2.15. The van der Waals surface area contributed by atoms with Gasteiger partial charge in [0.1, 0.15) is 5.82 Å². The Morgan fingerprint density at radius 3 is 2.53 bits per heavy atom. The molecule has 0 heterocycles. The van der Waals surface area contributed by atoms with E-state index >= 15 is 0 Å². The number of hydrogen-bond acceptors (Lipinski definition) is 1. The fraction of sp³-hybridized carbons (Fsp3) is 0.333. The van der Waals surface area contributed by atoms with Crippen LogP contribution >= 0.6 is 0 Å². The number of hydrogen-bond donors (Lipinski definition) is 1. The number of nitrogens with one attached hydrogen (secondary N) is 1. The van der Waals surface area contributed by atoms with Crippen LogP contribution in [0.3, 0.4) is 0 Å². The molecule has 0 saturated carbocycles. The molecule has 1 rings (SSSR count). The molecule has 1 nitrogen and oxygen atoms in total. The number of halogens is 4. The Balaban J connectivity index is 2.88. The van der Waals surface area contributed by atoms with Crippen LogP contribution in [0.15, 0.2) is 18.2 Å². The molecule has 0 aliphatic rings. The molecule has 1 aromatic carbocycles. The fourth-order valence-corrected chi connectivity index (χ4v) is 1.30. The predicted molar refractivity (Wildman–Crippen MR) is 57.9 cm³/mol. The molecule has 1 aromatic rings.